The first-order valence-electron chi connectivity index (χ1n) is 4.19. The molecule has 0 aliphatic carbocycles. The van der Waals surface area contributed by atoms with Gasteiger partial charge >= 0.3 is 0 Å². The molecule has 1 rings (SSSR count). The standard InChI is InChI=1S/C9H13BrN2S/c1-6(2)13-5-9-11-4-8(10)7(3)12-9/h4,6H,5H2,1-3H3. The Hall–Kier alpha value is -0.0900. The lowest BCUT2D eigenvalue weighted by molar-refractivity contribution is 0.978. The molecular weight excluding hydrogens is 248 g/mol. The summed E-state index contributed by atoms with van der Waals surface area (Å²) in [5.41, 5.74) is 1.01. The summed E-state index contributed by atoms with van der Waals surface area (Å²) in [7, 11) is 0. The van der Waals surface area contributed by atoms with Crippen molar-refractivity contribution in [1.82, 2.24) is 9.97 Å². The van der Waals surface area contributed by atoms with Gasteiger partial charge in [0, 0.05) is 6.20 Å². The SMILES string of the molecule is Cc1nc(CSC(C)C)ncc1Br. The number of hydrogen-bond donors (Lipinski definition) is 0. The molecule has 0 spiro atoms. The summed E-state index contributed by atoms with van der Waals surface area (Å²) in [6.45, 7) is 6.34. The fraction of sp³-hybridized carbons (Fsp3) is 0.556. The molecule has 0 unspecified atom stereocenters. The van der Waals surface area contributed by atoms with Crippen molar-refractivity contribution in [3.8, 4) is 0 Å². The third kappa shape index (κ3) is 3.65. The van der Waals surface area contributed by atoms with Gasteiger partial charge in [0.1, 0.15) is 5.82 Å². The largest absolute Gasteiger partial charge is 0.239 e. The molecule has 0 atom stereocenters. The maximum Gasteiger partial charge on any atom is 0.138 e. The lowest BCUT2D eigenvalue weighted by atomic mass is 10.4. The van der Waals surface area contributed by atoms with Crippen LogP contribution in [0, 0.1) is 6.92 Å². The Bertz CT molecular complexity index is 289. The van der Waals surface area contributed by atoms with Gasteiger partial charge in [0.05, 0.1) is 15.9 Å². The summed E-state index contributed by atoms with van der Waals surface area (Å²) >= 11 is 5.24. The molecule has 13 heavy (non-hydrogen) atoms. The van der Waals surface area contributed by atoms with Crippen molar-refractivity contribution in [1.29, 1.82) is 0 Å². The van der Waals surface area contributed by atoms with Crippen LogP contribution in [0.1, 0.15) is 25.4 Å². The van der Waals surface area contributed by atoms with Crippen molar-refractivity contribution in [2.24, 2.45) is 0 Å². The molecule has 0 aliphatic rings. The second-order valence-corrected chi connectivity index (χ2v) is 5.50. The van der Waals surface area contributed by atoms with E-state index >= 15 is 0 Å². The highest BCUT2D eigenvalue weighted by atomic mass is 79.9. The zero-order valence-electron chi connectivity index (χ0n) is 8.04. The highest BCUT2D eigenvalue weighted by molar-refractivity contribution is 9.10. The van der Waals surface area contributed by atoms with Crippen LogP contribution < -0.4 is 0 Å². The number of nitrogens with zero attached hydrogens (tertiary/aromatic N) is 2. The first-order chi connectivity index (χ1) is 6.09. The van der Waals surface area contributed by atoms with Gasteiger partial charge in [0.2, 0.25) is 0 Å². The molecule has 0 N–H and O–H groups in total. The normalized spacial score (nSPS) is 10.8. The highest BCUT2D eigenvalue weighted by Crippen LogP contribution is 2.17. The molecule has 0 aliphatic heterocycles. The average molecular weight is 261 g/mol. The molecule has 0 fully saturated rings. The number of aryl methyl sites for hydroxylation is 1. The zero-order valence-corrected chi connectivity index (χ0v) is 10.4. The number of thioether (sulfide) groups is 1. The van der Waals surface area contributed by atoms with Crippen LogP contribution in [-0.4, -0.2) is 15.2 Å². The van der Waals surface area contributed by atoms with Gasteiger partial charge in [-0.05, 0) is 28.1 Å². The molecule has 0 aromatic carbocycles. The summed E-state index contributed by atoms with van der Waals surface area (Å²) < 4.78 is 0.978. The van der Waals surface area contributed by atoms with Crippen molar-refractivity contribution < 1.29 is 0 Å². The quantitative estimate of drug-likeness (QED) is 0.835. The fourth-order valence-electron chi connectivity index (χ4n) is 0.811. The van der Waals surface area contributed by atoms with E-state index in [-0.39, 0.29) is 0 Å². The summed E-state index contributed by atoms with van der Waals surface area (Å²) in [5, 5.41) is 0.632. The smallest absolute Gasteiger partial charge is 0.138 e. The minimum Gasteiger partial charge on any atom is -0.239 e. The molecule has 4 heteroatoms. The van der Waals surface area contributed by atoms with Crippen LogP contribution >= 0.6 is 27.7 Å². The van der Waals surface area contributed by atoms with Crippen LogP contribution in [0.4, 0.5) is 0 Å². The fourth-order valence-corrected chi connectivity index (χ4v) is 1.62. The predicted molar refractivity (Wildman–Crippen MR) is 60.9 cm³/mol. The molecule has 0 amide bonds. The Morgan fingerprint density at radius 2 is 2.23 bits per heavy atom. The molecular formula is C9H13BrN2S. The molecule has 0 radical (unpaired) electrons. The minimum absolute atomic E-state index is 0.632. The van der Waals surface area contributed by atoms with E-state index in [1.807, 2.05) is 24.9 Å². The summed E-state index contributed by atoms with van der Waals surface area (Å²) in [4.78, 5) is 8.60. The number of aromatic nitrogens is 2. The van der Waals surface area contributed by atoms with Gasteiger partial charge in [-0.3, -0.25) is 0 Å². The van der Waals surface area contributed by atoms with Crippen molar-refractivity contribution in [3.63, 3.8) is 0 Å². The number of halogens is 1. The van der Waals surface area contributed by atoms with Gasteiger partial charge in [0.15, 0.2) is 0 Å². The van der Waals surface area contributed by atoms with E-state index in [1.54, 1.807) is 0 Å². The van der Waals surface area contributed by atoms with E-state index in [0.29, 0.717) is 5.25 Å². The third-order valence-corrected chi connectivity index (χ3v) is 3.39. The van der Waals surface area contributed by atoms with Crippen LogP contribution in [0.2, 0.25) is 0 Å². The lowest BCUT2D eigenvalue weighted by Gasteiger charge is -2.04. The lowest BCUT2D eigenvalue weighted by Crippen LogP contribution is -1.97. The monoisotopic (exact) mass is 260 g/mol. The minimum atomic E-state index is 0.632. The topological polar surface area (TPSA) is 25.8 Å². The Balaban J connectivity index is 2.63. The Morgan fingerprint density at radius 1 is 1.54 bits per heavy atom. The second-order valence-electron chi connectivity index (χ2n) is 3.08. The zero-order chi connectivity index (χ0) is 9.84. The molecule has 0 bridgehead atoms. The first-order valence-corrected chi connectivity index (χ1v) is 6.03. The van der Waals surface area contributed by atoms with Crippen LogP contribution in [-0.2, 0) is 5.75 Å². The Morgan fingerprint density at radius 3 is 2.77 bits per heavy atom. The number of hydrogen-bond acceptors (Lipinski definition) is 3. The molecule has 0 saturated carbocycles. The van der Waals surface area contributed by atoms with Crippen LogP contribution in [0.25, 0.3) is 0 Å². The second kappa shape index (κ2) is 4.96. The summed E-state index contributed by atoms with van der Waals surface area (Å²) in [6, 6.07) is 0. The van der Waals surface area contributed by atoms with Gasteiger partial charge < -0.3 is 0 Å². The molecule has 1 aromatic heterocycles. The van der Waals surface area contributed by atoms with Crippen LogP contribution in [0.3, 0.4) is 0 Å². The Labute approximate surface area is 91.7 Å². The molecule has 1 heterocycles. The third-order valence-electron chi connectivity index (χ3n) is 1.52. The Kier molecular flexibility index (Phi) is 4.19. The van der Waals surface area contributed by atoms with E-state index in [0.717, 1.165) is 21.7 Å². The van der Waals surface area contributed by atoms with Crippen LogP contribution in [0.15, 0.2) is 10.7 Å². The van der Waals surface area contributed by atoms with Gasteiger partial charge in [-0.1, -0.05) is 13.8 Å². The maximum atomic E-state index is 4.37. The maximum absolute atomic E-state index is 4.37. The van der Waals surface area contributed by atoms with Crippen molar-refractivity contribution in [3.05, 3.63) is 22.2 Å². The van der Waals surface area contributed by atoms with Gasteiger partial charge in [-0.2, -0.15) is 11.8 Å². The molecule has 2 nitrogen and oxygen atoms in total. The van der Waals surface area contributed by atoms with Crippen molar-refractivity contribution in [2.75, 3.05) is 0 Å². The van der Waals surface area contributed by atoms with E-state index in [2.05, 4.69) is 39.7 Å². The molecule has 0 saturated heterocycles. The molecule has 1 aromatic rings. The highest BCUT2D eigenvalue weighted by Gasteiger charge is 2.02. The van der Waals surface area contributed by atoms with Crippen molar-refractivity contribution >= 4 is 27.7 Å². The molecule has 72 valence electrons. The first kappa shape index (κ1) is 11.0. The van der Waals surface area contributed by atoms with Crippen molar-refractivity contribution in [2.45, 2.75) is 31.8 Å². The van der Waals surface area contributed by atoms with Gasteiger partial charge in [-0.15, -0.1) is 0 Å². The van der Waals surface area contributed by atoms with Gasteiger partial charge in [-0.25, -0.2) is 9.97 Å². The van der Waals surface area contributed by atoms with E-state index in [1.165, 1.54) is 0 Å². The average Bonchev–Trinajstić information content (AvgIpc) is 2.07. The summed E-state index contributed by atoms with van der Waals surface area (Å²) in [5.74, 6) is 1.81. The van der Waals surface area contributed by atoms with Crippen LogP contribution in [0.5, 0.6) is 0 Å². The number of rotatable bonds is 3. The van der Waals surface area contributed by atoms with Gasteiger partial charge in [0.25, 0.3) is 0 Å². The van der Waals surface area contributed by atoms with E-state index in [4.69, 9.17) is 0 Å². The summed E-state index contributed by atoms with van der Waals surface area (Å²) in [6.07, 6.45) is 1.82. The van der Waals surface area contributed by atoms with E-state index < -0.39 is 0 Å². The van der Waals surface area contributed by atoms with E-state index in [9.17, 15) is 0 Å². The predicted octanol–water partition coefficient (Wildman–Crippen LogP) is 3.19.